The first-order valence-corrected chi connectivity index (χ1v) is 14.2. The Labute approximate surface area is 188 Å². The minimum Gasteiger partial charge on any atom is -0.376 e. The molecule has 0 aromatic heterocycles. The Bertz CT molecular complexity index is 996. The number of carbonyl (C=O) groups is 1. The van der Waals surface area contributed by atoms with E-state index in [9.17, 15) is 4.79 Å². The number of benzene rings is 2. The third-order valence-electron chi connectivity index (χ3n) is 8.39. The van der Waals surface area contributed by atoms with E-state index in [-0.39, 0.29) is 22.5 Å². The lowest BCUT2D eigenvalue weighted by atomic mass is 9.65. The number of rotatable bonds is 4. The van der Waals surface area contributed by atoms with Gasteiger partial charge in [0.1, 0.15) is 12.8 Å². The summed E-state index contributed by atoms with van der Waals surface area (Å²) in [4.78, 5) is 20.1. The fourth-order valence-corrected chi connectivity index (χ4v) is 7.57. The van der Waals surface area contributed by atoms with Gasteiger partial charge in [-0.2, -0.15) is 5.06 Å². The highest BCUT2D eigenvalue weighted by molar-refractivity contribution is 6.83. The van der Waals surface area contributed by atoms with Crippen LogP contribution in [0.2, 0.25) is 18.1 Å². The molecule has 2 heterocycles. The van der Waals surface area contributed by atoms with E-state index in [1.807, 2.05) is 30.3 Å². The summed E-state index contributed by atoms with van der Waals surface area (Å²) in [6, 6.07) is 18.8. The topological polar surface area (TPSA) is 32.8 Å². The fourth-order valence-electron chi connectivity index (χ4n) is 5.08. The molecule has 0 spiro atoms. The second-order valence-corrected chi connectivity index (χ2v) is 16.4. The van der Waals surface area contributed by atoms with Gasteiger partial charge in [-0.3, -0.25) is 9.63 Å². The molecule has 0 aliphatic carbocycles. The molecule has 31 heavy (non-hydrogen) atoms. The minimum absolute atomic E-state index is 0.0640. The molecule has 2 aliphatic heterocycles. The second kappa shape index (κ2) is 6.94. The van der Waals surface area contributed by atoms with Gasteiger partial charge in [0.25, 0.3) is 5.91 Å². The van der Waals surface area contributed by atoms with Gasteiger partial charge in [0.2, 0.25) is 0 Å². The maximum Gasteiger partial charge on any atom is 0.254 e. The van der Waals surface area contributed by atoms with Crippen molar-refractivity contribution in [2.45, 2.75) is 77.9 Å². The molecule has 4 nitrogen and oxygen atoms in total. The van der Waals surface area contributed by atoms with Crippen LogP contribution in [0.15, 0.2) is 54.6 Å². The third kappa shape index (κ3) is 2.93. The number of carbonyl (C=O) groups excluding carboxylic acids is 1. The Hall–Kier alpha value is -2.11. The van der Waals surface area contributed by atoms with Gasteiger partial charge in [0.15, 0.2) is 8.24 Å². The van der Waals surface area contributed by atoms with Crippen molar-refractivity contribution in [1.82, 2.24) is 5.06 Å². The molecule has 2 aromatic carbocycles. The predicted octanol–water partition coefficient (Wildman–Crippen LogP) is 6.10. The van der Waals surface area contributed by atoms with Crippen molar-refractivity contribution in [1.29, 1.82) is 0 Å². The number of fused-ring (bicyclic) bond motifs is 3. The van der Waals surface area contributed by atoms with Crippen molar-refractivity contribution in [2.24, 2.45) is 5.41 Å². The summed E-state index contributed by atoms with van der Waals surface area (Å²) in [6.07, 6.45) is -0.156. The Balaban J connectivity index is 1.86. The van der Waals surface area contributed by atoms with E-state index in [0.29, 0.717) is 6.61 Å². The summed E-state index contributed by atoms with van der Waals surface area (Å²) in [6.45, 7) is 18.6. The molecule has 1 fully saturated rings. The van der Waals surface area contributed by atoms with Crippen LogP contribution in [0.3, 0.4) is 0 Å². The standard InChI is InChI=1S/C26H36N2O2Si/c1-24(2,3)31(7,8)28-21-17-13-12-16-20(21)26(6)22(28)27(23(29)25(26,4)5)30-18-19-14-10-9-11-15-19/h9-17,22H,18H2,1-8H3. The van der Waals surface area contributed by atoms with Crippen LogP contribution >= 0.6 is 0 Å². The average Bonchev–Trinajstić information content (AvgIpc) is 3.06. The molecule has 1 saturated heterocycles. The average molecular weight is 437 g/mol. The molecule has 0 saturated carbocycles. The highest BCUT2D eigenvalue weighted by Crippen LogP contribution is 2.62. The van der Waals surface area contributed by atoms with E-state index < -0.39 is 13.7 Å². The van der Waals surface area contributed by atoms with Crippen LogP contribution < -0.4 is 4.57 Å². The summed E-state index contributed by atoms with van der Waals surface area (Å²) in [5.74, 6) is 0.0640. The van der Waals surface area contributed by atoms with Crippen molar-refractivity contribution in [3.63, 3.8) is 0 Å². The molecule has 0 N–H and O–H groups in total. The molecule has 2 aromatic rings. The van der Waals surface area contributed by atoms with Crippen LogP contribution in [0.5, 0.6) is 0 Å². The zero-order chi connectivity index (χ0) is 22.8. The fraction of sp³-hybridized carbons (Fsp3) is 0.500. The molecule has 5 heteroatoms. The van der Waals surface area contributed by atoms with Crippen LogP contribution in [0.4, 0.5) is 5.69 Å². The van der Waals surface area contributed by atoms with Crippen molar-refractivity contribution in [3.8, 4) is 0 Å². The van der Waals surface area contributed by atoms with Gasteiger partial charge >= 0.3 is 0 Å². The highest BCUT2D eigenvalue weighted by Gasteiger charge is 2.70. The summed E-state index contributed by atoms with van der Waals surface area (Å²) in [5.41, 5.74) is 2.63. The quantitative estimate of drug-likeness (QED) is 0.543. The summed E-state index contributed by atoms with van der Waals surface area (Å²) < 4.78 is 2.58. The van der Waals surface area contributed by atoms with Gasteiger partial charge in [0.05, 0.1) is 5.41 Å². The van der Waals surface area contributed by atoms with E-state index in [1.165, 1.54) is 11.3 Å². The Morgan fingerprint density at radius 2 is 1.55 bits per heavy atom. The zero-order valence-electron chi connectivity index (χ0n) is 20.2. The van der Waals surface area contributed by atoms with E-state index in [0.717, 1.165) is 5.56 Å². The lowest BCUT2D eigenvalue weighted by Gasteiger charge is -2.50. The molecular weight excluding hydrogens is 400 g/mol. The van der Waals surface area contributed by atoms with Crippen LogP contribution in [-0.4, -0.2) is 25.4 Å². The maximum atomic E-state index is 13.8. The molecule has 1 amide bonds. The molecule has 4 rings (SSSR count). The smallest absolute Gasteiger partial charge is 0.254 e. The molecule has 2 atom stereocenters. The van der Waals surface area contributed by atoms with Crippen LogP contribution in [0.25, 0.3) is 0 Å². The van der Waals surface area contributed by atoms with Crippen LogP contribution in [0.1, 0.15) is 52.7 Å². The molecule has 0 bridgehead atoms. The van der Waals surface area contributed by atoms with Gasteiger partial charge in [-0.1, -0.05) is 89.3 Å². The lowest BCUT2D eigenvalue weighted by Crippen LogP contribution is -2.63. The number of hydrogen-bond donors (Lipinski definition) is 0. The number of amides is 1. The van der Waals surface area contributed by atoms with Gasteiger partial charge in [-0.05, 0) is 36.1 Å². The Morgan fingerprint density at radius 3 is 2.16 bits per heavy atom. The first kappa shape index (κ1) is 22.1. The molecule has 2 aliphatic rings. The van der Waals surface area contributed by atoms with Crippen molar-refractivity contribution < 1.29 is 9.63 Å². The third-order valence-corrected chi connectivity index (χ3v) is 13.8. The number of para-hydroxylation sites is 1. The highest BCUT2D eigenvalue weighted by atomic mass is 28.3. The first-order chi connectivity index (χ1) is 14.3. The van der Waals surface area contributed by atoms with Crippen LogP contribution in [0, 0.1) is 5.41 Å². The SMILES string of the molecule is CC1(C)C(=O)N(OCc2ccccc2)C2N([Si](C)(C)C(C)(C)C)c3ccccc3C21C. The number of hydrogen-bond acceptors (Lipinski definition) is 3. The number of nitrogens with zero attached hydrogens (tertiary/aromatic N) is 2. The zero-order valence-corrected chi connectivity index (χ0v) is 21.2. The molecule has 166 valence electrons. The van der Waals surface area contributed by atoms with Gasteiger partial charge in [0, 0.05) is 11.1 Å². The monoisotopic (exact) mass is 436 g/mol. The Kier molecular flexibility index (Phi) is 4.95. The van der Waals surface area contributed by atoms with Crippen molar-refractivity contribution in [2.75, 3.05) is 4.57 Å². The maximum absolute atomic E-state index is 13.8. The Morgan fingerprint density at radius 1 is 0.968 bits per heavy atom. The van der Waals surface area contributed by atoms with E-state index in [1.54, 1.807) is 5.06 Å². The van der Waals surface area contributed by atoms with Gasteiger partial charge in [-0.25, -0.2) is 0 Å². The predicted molar refractivity (Wildman–Crippen MR) is 129 cm³/mol. The summed E-state index contributed by atoms with van der Waals surface area (Å²) in [5, 5.41) is 1.83. The first-order valence-electron chi connectivity index (χ1n) is 11.2. The van der Waals surface area contributed by atoms with Gasteiger partial charge < -0.3 is 4.57 Å². The minimum atomic E-state index is -2.04. The lowest BCUT2D eigenvalue weighted by molar-refractivity contribution is -0.197. The van der Waals surface area contributed by atoms with E-state index in [4.69, 9.17) is 4.84 Å². The largest absolute Gasteiger partial charge is 0.376 e. The molecule has 0 radical (unpaired) electrons. The normalized spacial score (nSPS) is 25.0. The molecular formula is C26H36N2O2Si. The van der Waals surface area contributed by atoms with Crippen molar-refractivity contribution >= 4 is 19.8 Å². The van der Waals surface area contributed by atoms with Crippen molar-refractivity contribution in [3.05, 3.63) is 65.7 Å². The van der Waals surface area contributed by atoms with Gasteiger partial charge in [-0.15, -0.1) is 0 Å². The van der Waals surface area contributed by atoms with E-state index in [2.05, 4.69) is 83.5 Å². The van der Waals surface area contributed by atoms with Crippen LogP contribution in [-0.2, 0) is 21.7 Å². The summed E-state index contributed by atoms with van der Waals surface area (Å²) in [7, 11) is -2.04. The second-order valence-electron chi connectivity index (χ2n) is 11.3. The molecule has 2 unspecified atom stereocenters. The number of anilines is 1. The van der Waals surface area contributed by atoms with E-state index >= 15 is 0 Å². The number of hydroxylamine groups is 2. The summed E-state index contributed by atoms with van der Waals surface area (Å²) >= 11 is 0.